The summed E-state index contributed by atoms with van der Waals surface area (Å²) >= 11 is 3.37. The fourth-order valence-corrected chi connectivity index (χ4v) is 3.20. The maximum atomic E-state index is 8.62. The molecular weight excluding hydrogens is 290 g/mol. The number of thioether (sulfide) groups is 1. The van der Waals surface area contributed by atoms with Gasteiger partial charge in [-0.2, -0.15) is 0 Å². The summed E-state index contributed by atoms with van der Waals surface area (Å²) in [5.41, 5.74) is 1.94. The van der Waals surface area contributed by atoms with Crippen molar-refractivity contribution in [3.63, 3.8) is 0 Å². The van der Waals surface area contributed by atoms with Gasteiger partial charge in [-0.25, -0.2) is 4.98 Å². The Kier molecular flexibility index (Phi) is 5.93. The highest BCUT2D eigenvalue weighted by molar-refractivity contribution is 8.01. The molecule has 0 aliphatic carbocycles. The van der Waals surface area contributed by atoms with Crippen molar-refractivity contribution in [2.24, 2.45) is 0 Å². The number of benzene rings is 1. The van der Waals surface area contributed by atoms with E-state index in [1.165, 1.54) is 0 Å². The second-order valence-corrected chi connectivity index (χ2v) is 6.14. The van der Waals surface area contributed by atoms with E-state index in [-0.39, 0.29) is 6.61 Å². The second-order valence-electron chi connectivity index (χ2n) is 3.94. The lowest BCUT2D eigenvalue weighted by molar-refractivity contribution is 0.344. The van der Waals surface area contributed by atoms with Crippen LogP contribution in [0.15, 0.2) is 34.0 Å². The Balaban J connectivity index is 1.74. The van der Waals surface area contributed by atoms with Crippen LogP contribution in [0.25, 0.3) is 0 Å². The summed E-state index contributed by atoms with van der Waals surface area (Å²) < 4.78 is 6.74. The molecule has 0 saturated heterocycles. The maximum absolute atomic E-state index is 8.62. The van der Waals surface area contributed by atoms with E-state index in [4.69, 9.17) is 9.84 Å². The number of aryl methyl sites for hydroxylation is 1. The van der Waals surface area contributed by atoms with E-state index in [0.29, 0.717) is 6.61 Å². The lowest BCUT2D eigenvalue weighted by Crippen LogP contribution is -1.99. The number of aliphatic hydroxyl groups excluding tert-OH is 1. The van der Waals surface area contributed by atoms with E-state index >= 15 is 0 Å². The monoisotopic (exact) mass is 305 g/mol. The van der Waals surface area contributed by atoms with Crippen LogP contribution in [0.1, 0.15) is 11.3 Å². The number of aliphatic hydroxyl groups is 1. The lowest BCUT2D eigenvalue weighted by atomic mass is 10.2. The standard InChI is InChI=1S/C15H15NO2S2/c1-12-11-20-15(16-12)19-10-9-18-14-6-4-13(5-7-14)3-2-8-17/h4-7,11,17H,8-10H2,1H3. The number of aromatic nitrogens is 1. The molecule has 1 N–H and O–H groups in total. The zero-order valence-corrected chi connectivity index (χ0v) is 12.8. The predicted molar refractivity (Wildman–Crippen MR) is 83.5 cm³/mol. The van der Waals surface area contributed by atoms with E-state index in [2.05, 4.69) is 22.2 Å². The molecule has 0 atom stereocenters. The molecule has 3 nitrogen and oxygen atoms in total. The normalized spacial score (nSPS) is 9.90. The number of hydrogen-bond donors (Lipinski definition) is 1. The van der Waals surface area contributed by atoms with Crippen LogP contribution in [0.3, 0.4) is 0 Å². The van der Waals surface area contributed by atoms with E-state index in [1.807, 2.05) is 31.2 Å². The number of hydrogen-bond acceptors (Lipinski definition) is 5. The first-order valence-electron chi connectivity index (χ1n) is 6.15. The van der Waals surface area contributed by atoms with Crippen LogP contribution in [0, 0.1) is 18.8 Å². The highest BCUT2D eigenvalue weighted by Crippen LogP contribution is 2.22. The summed E-state index contributed by atoms with van der Waals surface area (Å²) in [6.45, 7) is 2.52. The summed E-state index contributed by atoms with van der Waals surface area (Å²) in [5.74, 6) is 7.16. The van der Waals surface area contributed by atoms with Gasteiger partial charge in [-0.1, -0.05) is 23.6 Å². The van der Waals surface area contributed by atoms with Gasteiger partial charge < -0.3 is 9.84 Å². The van der Waals surface area contributed by atoms with Crippen LogP contribution in [0.4, 0.5) is 0 Å². The van der Waals surface area contributed by atoms with Crippen molar-refractivity contribution in [2.75, 3.05) is 19.0 Å². The van der Waals surface area contributed by atoms with Crippen molar-refractivity contribution in [1.29, 1.82) is 0 Å². The van der Waals surface area contributed by atoms with E-state index in [9.17, 15) is 0 Å². The van der Waals surface area contributed by atoms with Crippen LogP contribution in [0.2, 0.25) is 0 Å². The smallest absolute Gasteiger partial charge is 0.150 e. The molecule has 0 amide bonds. The molecule has 0 radical (unpaired) electrons. The first kappa shape index (κ1) is 14.9. The fraction of sp³-hybridized carbons (Fsp3) is 0.267. The highest BCUT2D eigenvalue weighted by Gasteiger charge is 2.00. The van der Waals surface area contributed by atoms with Gasteiger partial charge in [0.15, 0.2) is 0 Å². The molecular formula is C15H15NO2S2. The Morgan fingerprint density at radius 3 is 2.80 bits per heavy atom. The Morgan fingerprint density at radius 2 is 2.15 bits per heavy atom. The van der Waals surface area contributed by atoms with E-state index in [1.54, 1.807) is 23.1 Å². The van der Waals surface area contributed by atoms with Crippen LogP contribution < -0.4 is 4.74 Å². The van der Waals surface area contributed by atoms with Gasteiger partial charge in [-0.05, 0) is 31.2 Å². The third kappa shape index (κ3) is 4.89. The van der Waals surface area contributed by atoms with Crippen LogP contribution in [-0.4, -0.2) is 29.1 Å². The van der Waals surface area contributed by atoms with Crippen molar-refractivity contribution in [3.8, 4) is 17.6 Å². The lowest BCUT2D eigenvalue weighted by Gasteiger charge is -2.04. The van der Waals surface area contributed by atoms with Gasteiger partial charge in [0.05, 0.1) is 6.61 Å². The quantitative estimate of drug-likeness (QED) is 0.524. The molecule has 1 aromatic carbocycles. The minimum atomic E-state index is -0.119. The molecule has 0 spiro atoms. The Morgan fingerprint density at radius 1 is 1.35 bits per heavy atom. The van der Waals surface area contributed by atoms with Crippen molar-refractivity contribution in [2.45, 2.75) is 11.3 Å². The number of thiazole rings is 1. The average Bonchev–Trinajstić information content (AvgIpc) is 2.88. The predicted octanol–water partition coefficient (Wildman–Crippen LogP) is 2.97. The summed E-state index contributed by atoms with van der Waals surface area (Å²) in [6, 6.07) is 7.55. The van der Waals surface area contributed by atoms with Gasteiger partial charge >= 0.3 is 0 Å². The molecule has 1 heterocycles. The number of nitrogens with zero attached hydrogens (tertiary/aromatic N) is 1. The van der Waals surface area contributed by atoms with Crippen molar-refractivity contribution in [3.05, 3.63) is 40.9 Å². The number of ether oxygens (including phenoxy) is 1. The zero-order chi connectivity index (χ0) is 14.2. The van der Waals surface area contributed by atoms with Gasteiger partial charge in [0.25, 0.3) is 0 Å². The minimum Gasteiger partial charge on any atom is -0.493 e. The third-order valence-corrected chi connectivity index (χ3v) is 4.44. The molecule has 0 aliphatic rings. The van der Waals surface area contributed by atoms with Gasteiger partial charge in [0.1, 0.15) is 16.7 Å². The van der Waals surface area contributed by atoms with Gasteiger partial charge in [-0.15, -0.1) is 11.3 Å². The molecule has 2 aromatic rings. The van der Waals surface area contributed by atoms with Gasteiger partial charge in [0.2, 0.25) is 0 Å². The molecule has 0 bridgehead atoms. The van der Waals surface area contributed by atoms with Crippen molar-refractivity contribution >= 4 is 23.1 Å². The third-order valence-electron chi connectivity index (χ3n) is 2.34. The minimum absolute atomic E-state index is 0.119. The molecule has 1 aromatic heterocycles. The molecule has 104 valence electrons. The zero-order valence-electron chi connectivity index (χ0n) is 11.1. The topological polar surface area (TPSA) is 42.4 Å². The largest absolute Gasteiger partial charge is 0.493 e. The molecule has 5 heteroatoms. The first-order valence-corrected chi connectivity index (χ1v) is 8.02. The highest BCUT2D eigenvalue weighted by atomic mass is 32.2. The molecule has 0 fully saturated rings. The summed E-state index contributed by atoms with van der Waals surface area (Å²) in [5, 5.41) is 10.7. The fourth-order valence-electron chi connectivity index (χ4n) is 1.46. The van der Waals surface area contributed by atoms with Crippen LogP contribution >= 0.6 is 23.1 Å². The Hall–Kier alpha value is -1.48. The SMILES string of the molecule is Cc1csc(SCCOc2ccc(C#CCO)cc2)n1. The van der Waals surface area contributed by atoms with E-state index in [0.717, 1.165) is 27.1 Å². The summed E-state index contributed by atoms with van der Waals surface area (Å²) in [6.07, 6.45) is 0. The van der Waals surface area contributed by atoms with Crippen LogP contribution in [0.5, 0.6) is 5.75 Å². The summed E-state index contributed by atoms with van der Waals surface area (Å²) in [7, 11) is 0. The summed E-state index contributed by atoms with van der Waals surface area (Å²) in [4.78, 5) is 4.39. The first-order chi connectivity index (χ1) is 9.78. The molecule has 2 rings (SSSR count). The Bertz CT molecular complexity index is 596. The maximum Gasteiger partial charge on any atom is 0.150 e. The van der Waals surface area contributed by atoms with Crippen LogP contribution in [-0.2, 0) is 0 Å². The Labute approximate surface area is 127 Å². The van der Waals surface area contributed by atoms with Crippen molar-refractivity contribution < 1.29 is 9.84 Å². The van der Waals surface area contributed by atoms with Gasteiger partial charge in [0, 0.05) is 22.4 Å². The molecule has 20 heavy (non-hydrogen) atoms. The average molecular weight is 305 g/mol. The van der Waals surface area contributed by atoms with E-state index < -0.39 is 0 Å². The molecule has 0 unspecified atom stereocenters. The van der Waals surface area contributed by atoms with Crippen molar-refractivity contribution in [1.82, 2.24) is 4.98 Å². The molecule has 0 saturated carbocycles. The second kappa shape index (κ2) is 7.95. The molecule has 0 aliphatic heterocycles. The van der Waals surface area contributed by atoms with Gasteiger partial charge in [-0.3, -0.25) is 0 Å². The number of rotatable bonds is 5.